The molecule has 4 heteroatoms. The summed E-state index contributed by atoms with van der Waals surface area (Å²) < 4.78 is 13.0. The summed E-state index contributed by atoms with van der Waals surface area (Å²) in [6.45, 7) is 4.93. The number of rotatable bonds is 6. The zero-order valence-corrected chi connectivity index (χ0v) is 11.2. The number of hydrogen-bond donors (Lipinski definition) is 1. The van der Waals surface area contributed by atoms with E-state index in [0.29, 0.717) is 17.6 Å². The average molecular weight is 262 g/mol. The second-order valence-corrected chi connectivity index (χ2v) is 5.47. The Bertz CT molecular complexity index is 313. The fourth-order valence-electron chi connectivity index (χ4n) is 1.36. The Morgan fingerprint density at radius 1 is 1.44 bits per heavy atom. The van der Waals surface area contributed by atoms with E-state index in [2.05, 4.69) is 19.2 Å². The molecule has 0 heterocycles. The number of benzene rings is 1. The zero-order chi connectivity index (χ0) is 12.0. The number of thioether (sulfide) groups is 1. The van der Waals surface area contributed by atoms with Crippen molar-refractivity contribution in [1.82, 2.24) is 5.32 Å². The first-order valence-corrected chi connectivity index (χ1v) is 6.91. The molecule has 1 unspecified atom stereocenters. The maximum absolute atomic E-state index is 13.0. The predicted molar refractivity (Wildman–Crippen MR) is 70.7 cm³/mol. The molecule has 0 spiro atoms. The van der Waals surface area contributed by atoms with E-state index in [9.17, 15) is 4.39 Å². The molecule has 16 heavy (non-hydrogen) atoms. The first-order valence-electron chi connectivity index (χ1n) is 5.38. The molecule has 1 rings (SSSR count). The van der Waals surface area contributed by atoms with Crippen LogP contribution in [0.1, 0.15) is 19.4 Å². The van der Waals surface area contributed by atoms with Gasteiger partial charge in [0, 0.05) is 23.4 Å². The summed E-state index contributed by atoms with van der Waals surface area (Å²) in [6, 6.07) is 5.05. The summed E-state index contributed by atoms with van der Waals surface area (Å²) in [5, 5.41) is 3.79. The summed E-state index contributed by atoms with van der Waals surface area (Å²) in [7, 11) is 0. The normalized spacial score (nSPS) is 12.8. The molecule has 0 bridgehead atoms. The van der Waals surface area contributed by atoms with Crippen LogP contribution in [-0.2, 0) is 6.54 Å². The minimum Gasteiger partial charge on any atom is -0.309 e. The van der Waals surface area contributed by atoms with Crippen molar-refractivity contribution in [2.24, 2.45) is 0 Å². The van der Waals surface area contributed by atoms with E-state index in [0.717, 1.165) is 17.1 Å². The molecule has 0 aromatic heterocycles. The molecule has 0 fully saturated rings. The molecule has 1 aromatic rings. The van der Waals surface area contributed by atoms with E-state index in [1.165, 1.54) is 12.1 Å². The van der Waals surface area contributed by atoms with Crippen LogP contribution in [0, 0.1) is 5.82 Å². The molecule has 0 amide bonds. The molecule has 0 aliphatic rings. The molecular weight excluding hydrogens is 245 g/mol. The number of halogens is 2. The molecule has 0 aliphatic carbocycles. The van der Waals surface area contributed by atoms with Gasteiger partial charge in [0.15, 0.2) is 0 Å². The highest BCUT2D eigenvalue weighted by Crippen LogP contribution is 2.14. The second-order valence-electron chi connectivity index (χ2n) is 3.72. The topological polar surface area (TPSA) is 12.0 Å². The molecule has 1 nitrogen and oxygen atoms in total. The Labute approximate surface area is 106 Å². The van der Waals surface area contributed by atoms with E-state index in [4.69, 9.17) is 11.6 Å². The molecular formula is C12H17ClFNS. The van der Waals surface area contributed by atoms with Crippen LogP contribution < -0.4 is 5.32 Å². The minimum absolute atomic E-state index is 0.278. The fraction of sp³-hybridized carbons (Fsp3) is 0.500. The van der Waals surface area contributed by atoms with Gasteiger partial charge < -0.3 is 5.32 Å². The van der Waals surface area contributed by atoms with Crippen molar-refractivity contribution in [1.29, 1.82) is 0 Å². The van der Waals surface area contributed by atoms with Gasteiger partial charge in [0.05, 0.1) is 0 Å². The van der Waals surface area contributed by atoms with Gasteiger partial charge in [-0.3, -0.25) is 0 Å². The van der Waals surface area contributed by atoms with Crippen LogP contribution in [0.25, 0.3) is 0 Å². The van der Waals surface area contributed by atoms with E-state index in [1.807, 2.05) is 11.8 Å². The Morgan fingerprint density at radius 2 is 2.19 bits per heavy atom. The monoisotopic (exact) mass is 261 g/mol. The Hall–Kier alpha value is -0.250. The van der Waals surface area contributed by atoms with Gasteiger partial charge in [-0.25, -0.2) is 4.39 Å². The van der Waals surface area contributed by atoms with Crippen LogP contribution >= 0.6 is 23.4 Å². The molecule has 0 saturated heterocycles. The highest BCUT2D eigenvalue weighted by Gasteiger charge is 2.03. The maximum atomic E-state index is 13.0. The lowest BCUT2D eigenvalue weighted by atomic mass is 10.2. The molecule has 90 valence electrons. The van der Waals surface area contributed by atoms with E-state index < -0.39 is 0 Å². The summed E-state index contributed by atoms with van der Waals surface area (Å²) in [5.41, 5.74) is 0.887. The van der Waals surface area contributed by atoms with Crippen molar-refractivity contribution in [3.05, 3.63) is 34.6 Å². The van der Waals surface area contributed by atoms with Gasteiger partial charge >= 0.3 is 0 Å². The smallest absolute Gasteiger partial charge is 0.125 e. The Balaban J connectivity index is 2.41. The van der Waals surface area contributed by atoms with Gasteiger partial charge in [-0.2, -0.15) is 11.8 Å². The van der Waals surface area contributed by atoms with Gasteiger partial charge in [-0.15, -0.1) is 0 Å². The Morgan fingerprint density at radius 3 is 2.81 bits per heavy atom. The zero-order valence-electron chi connectivity index (χ0n) is 9.59. The molecule has 0 radical (unpaired) electrons. The third kappa shape index (κ3) is 5.19. The summed E-state index contributed by atoms with van der Waals surface area (Å²) >= 11 is 7.67. The van der Waals surface area contributed by atoms with Crippen molar-refractivity contribution >= 4 is 23.4 Å². The molecule has 0 saturated carbocycles. The van der Waals surface area contributed by atoms with Crippen molar-refractivity contribution in [2.45, 2.75) is 26.4 Å². The van der Waals surface area contributed by atoms with Crippen LogP contribution in [0.2, 0.25) is 5.02 Å². The summed E-state index contributed by atoms with van der Waals surface area (Å²) in [4.78, 5) is 0. The lowest BCUT2D eigenvalue weighted by Crippen LogP contribution is -2.27. The first-order chi connectivity index (χ1) is 7.61. The quantitative estimate of drug-likeness (QED) is 0.838. The van der Waals surface area contributed by atoms with Crippen molar-refractivity contribution in [2.75, 3.05) is 11.5 Å². The van der Waals surface area contributed by atoms with Crippen molar-refractivity contribution in [3.8, 4) is 0 Å². The largest absolute Gasteiger partial charge is 0.309 e. The van der Waals surface area contributed by atoms with Gasteiger partial charge in [0.25, 0.3) is 0 Å². The van der Waals surface area contributed by atoms with Gasteiger partial charge in [-0.05, 0) is 36.4 Å². The van der Waals surface area contributed by atoms with Crippen molar-refractivity contribution < 1.29 is 4.39 Å². The molecule has 1 aromatic carbocycles. The molecule has 1 atom stereocenters. The fourth-order valence-corrected chi connectivity index (χ4v) is 2.31. The number of nitrogens with one attached hydrogen (secondary N) is 1. The van der Waals surface area contributed by atoms with Crippen LogP contribution in [0.5, 0.6) is 0 Å². The second kappa shape index (κ2) is 7.15. The highest BCUT2D eigenvalue weighted by atomic mass is 35.5. The number of hydrogen-bond acceptors (Lipinski definition) is 2. The SMILES string of the molecule is CCSCC(C)NCc1cc(F)cc(Cl)c1. The lowest BCUT2D eigenvalue weighted by Gasteiger charge is -2.13. The third-order valence-corrected chi connectivity index (χ3v) is 3.51. The van der Waals surface area contributed by atoms with E-state index >= 15 is 0 Å². The third-order valence-electron chi connectivity index (χ3n) is 2.15. The lowest BCUT2D eigenvalue weighted by molar-refractivity contribution is 0.587. The predicted octanol–water partition coefficient (Wildman–Crippen LogP) is 3.71. The summed E-state index contributed by atoms with van der Waals surface area (Å²) in [6.07, 6.45) is 0. The van der Waals surface area contributed by atoms with Gasteiger partial charge in [0.2, 0.25) is 0 Å². The van der Waals surface area contributed by atoms with Crippen LogP contribution in [0.3, 0.4) is 0 Å². The average Bonchev–Trinajstić information content (AvgIpc) is 2.22. The van der Waals surface area contributed by atoms with Crippen LogP contribution in [0.4, 0.5) is 4.39 Å². The first kappa shape index (κ1) is 13.8. The molecule has 0 aliphatic heterocycles. The van der Waals surface area contributed by atoms with Crippen LogP contribution in [-0.4, -0.2) is 17.5 Å². The maximum Gasteiger partial charge on any atom is 0.125 e. The van der Waals surface area contributed by atoms with E-state index in [1.54, 1.807) is 6.07 Å². The Kier molecular flexibility index (Phi) is 6.17. The van der Waals surface area contributed by atoms with Gasteiger partial charge in [-0.1, -0.05) is 18.5 Å². The highest BCUT2D eigenvalue weighted by molar-refractivity contribution is 7.99. The van der Waals surface area contributed by atoms with Crippen molar-refractivity contribution in [3.63, 3.8) is 0 Å². The van der Waals surface area contributed by atoms with Gasteiger partial charge in [0.1, 0.15) is 5.82 Å². The summed E-state index contributed by atoms with van der Waals surface area (Å²) in [5.74, 6) is 1.91. The van der Waals surface area contributed by atoms with Crippen LogP contribution in [0.15, 0.2) is 18.2 Å². The molecule has 1 N–H and O–H groups in total. The minimum atomic E-state index is -0.278. The van der Waals surface area contributed by atoms with E-state index in [-0.39, 0.29) is 5.82 Å². The standard InChI is InChI=1S/C12H17ClFNS/c1-3-16-8-9(2)15-7-10-4-11(13)6-12(14)5-10/h4-6,9,15H,3,7-8H2,1-2H3.